The van der Waals surface area contributed by atoms with Crippen LogP contribution in [0, 0.1) is 0 Å². The third-order valence-electron chi connectivity index (χ3n) is 3.23. The van der Waals surface area contributed by atoms with Crippen LogP contribution < -0.4 is 4.90 Å². The Morgan fingerprint density at radius 2 is 2.10 bits per heavy atom. The summed E-state index contributed by atoms with van der Waals surface area (Å²) < 4.78 is 5.29. The first kappa shape index (κ1) is 13.4. The number of hydrogen-bond donors (Lipinski definition) is 1. The van der Waals surface area contributed by atoms with Gasteiger partial charge in [-0.1, -0.05) is 0 Å². The number of nitrogens with zero attached hydrogens (tertiary/aromatic N) is 4. The fourth-order valence-electron chi connectivity index (χ4n) is 2.17. The number of pyridine rings is 1. The summed E-state index contributed by atoms with van der Waals surface area (Å²) in [6.07, 6.45) is 4.67. The van der Waals surface area contributed by atoms with Crippen LogP contribution in [0.3, 0.4) is 0 Å². The van der Waals surface area contributed by atoms with Crippen LogP contribution in [0.15, 0.2) is 30.7 Å². The molecule has 1 aliphatic heterocycles. The van der Waals surface area contributed by atoms with Crippen molar-refractivity contribution >= 4 is 11.8 Å². The minimum absolute atomic E-state index is 0.101. The first-order valence-corrected chi connectivity index (χ1v) is 6.59. The highest BCUT2D eigenvalue weighted by atomic mass is 16.5. The van der Waals surface area contributed by atoms with E-state index in [9.17, 15) is 9.90 Å². The third-order valence-corrected chi connectivity index (χ3v) is 3.23. The lowest BCUT2D eigenvalue weighted by Crippen LogP contribution is -2.37. The lowest BCUT2D eigenvalue weighted by molar-refractivity contribution is 0.0695. The van der Waals surface area contributed by atoms with Crippen molar-refractivity contribution in [3.8, 4) is 11.4 Å². The number of rotatable bonds is 3. The van der Waals surface area contributed by atoms with Crippen LogP contribution in [0.5, 0.6) is 0 Å². The maximum absolute atomic E-state index is 11.4. The Balaban J connectivity index is 2.03. The highest BCUT2D eigenvalue weighted by molar-refractivity contribution is 5.93. The molecule has 0 bridgehead atoms. The molecule has 1 fully saturated rings. The minimum atomic E-state index is -1.03. The number of carboxylic acid groups (broad SMARTS) is 1. The molecule has 1 aliphatic rings. The fraction of sp³-hybridized carbons (Fsp3) is 0.286. The van der Waals surface area contributed by atoms with Gasteiger partial charge in [-0.3, -0.25) is 4.98 Å². The predicted molar refractivity (Wildman–Crippen MR) is 75.3 cm³/mol. The molecule has 0 saturated carbocycles. The molecular formula is C14H14N4O3. The van der Waals surface area contributed by atoms with Crippen molar-refractivity contribution in [2.45, 2.75) is 0 Å². The van der Waals surface area contributed by atoms with E-state index in [0.717, 1.165) is 5.56 Å². The summed E-state index contributed by atoms with van der Waals surface area (Å²) >= 11 is 0. The maximum Gasteiger partial charge on any atom is 0.341 e. The van der Waals surface area contributed by atoms with Crippen molar-refractivity contribution in [3.05, 3.63) is 36.3 Å². The molecule has 2 aromatic heterocycles. The largest absolute Gasteiger partial charge is 0.477 e. The smallest absolute Gasteiger partial charge is 0.341 e. The molecule has 0 amide bonds. The van der Waals surface area contributed by atoms with E-state index >= 15 is 0 Å². The second kappa shape index (κ2) is 5.84. The Hall–Kier alpha value is -2.54. The Kier molecular flexibility index (Phi) is 3.74. The van der Waals surface area contributed by atoms with Crippen LogP contribution in [-0.4, -0.2) is 52.3 Å². The number of ether oxygens (including phenoxy) is 1. The van der Waals surface area contributed by atoms with Gasteiger partial charge in [-0.2, -0.15) is 0 Å². The topological polar surface area (TPSA) is 88.4 Å². The molecule has 3 heterocycles. The Morgan fingerprint density at radius 3 is 2.76 bits per heavy atom. The SMILES string of the molecule is O=C(O)c1cnc(-c2cccnc2)nc1N1CCOCC1. The molecule has 2 aromatic rings. The van der Waals surface area contributed by atoms with E-state index in [4.69, 9.17) is 4.74 Å². The van der Waals surface area contributed by atoms with Crippen molar-refractivity contribution in [2.75, 3.05) is 31.2 Å². The molecule has 0 spiro atoms. The number of aromatic nitrogens is 3. The quantitative estimate of drug-likeness (QED) is 0.902. The van der Waals surface area contributed by atoms with Crippen LogP contribution >= 0.6 is 0 Å². The molecule has 1 N–H and O–H groups in total. The number of aromatic carboxylic acids is 1. The third kappa shape index (κ3) is 2.82. The highest BCUT2D eigenvalue weighted by Gasteiger charge is 2.21. The molecule has 108 valence electrons. The van der Waals surface area contributed by atoms with E-state index < -0.39 is 5.97 Å². The predicted octanol–water partition coefficient (Wildman–Crippen LogP) is 1.07. The van der Waals surface area contributed by atoms with E-state index in [-0.39, 0.29) is 5.56 Å². The summed E-state index contributed by atoms with van der Waals surface area (Å²) in [7, 11) is 0. The number of morpholine rings is 1. The first-order valence-electron chi connectivity index (χ1n) is 6.59. The van der Waals surface area contributed by atoms with Crippen LogP contribution in [-0.2, 0) is 4.74 Å². The number of carboxylic acids is 1. The summed E-state index contributed by atoms with van der Waals surface area (Å²) in [6, 6.07) is 3.63. The molecule has 7 heteroatoms. The zero-order valence-electron chi connectivity index (χ0n) is 11.3. The average Bonchev–Trinajstić information content (AvgIpc) is 2.56. The van der Waals surface area contributed by atoms with Gasteiger partial charge in [0.05, 0.1) is 13.2 Å². The van der Waals surface area contributed by atoms with Crippen LogP contribution in [0.25, 0.3) is 11.4 Å². The van der Waals surface area contributed by atoms with Crippen molar-refractivity contribution in [1.29, 1.82) is 0 Å². The van der Waals surface area contributed by atoms with E-state index in [2.05, 4.69) is 15.0 Å². The molecule has 7 nitrogen and oxygen atoms in total. The summed E-state index contributed by atoms with van der Waals surface area (Å²) in [6.45, 7) is 2.35. The van der Waals surface area contributed by atoms with Crippen LogP contribution in [0.1, 0.15) is 10.4 Å². The monoisotopic (exact) mass is 286 g/mol. The normalized spacial score (nSPS) is 15.0. The maximum atomic E-state index is 11.4. The molecule has 0 unspecified atom stereocenters. The van der Waals surface area contributed by atoms with Crippen LogP contribution in [0.4, 0.5) is 5.82 Å². The lowest BCUT2D eigenvalue weighted by atomic mass is 10.2. The lowest BCUT2D eigenvalue weighted by Gasteiger charge is -2.28. The van der Waals surface area contributed by atoms with Gasteiger partial charge in [0.25, 0.3) is 0 Å². The zero-order chi connectivity index (χ0) is 14.7. The molecule has 0 aromatic carbocycles. The molecular weight excluding hydrogens is 272 g/mol. The van der Waals surface area contributed by atoms with E-state index in [1.165, 1.54) is 6.20 Å². The fourth-order valence-corrected chi connectivity index (χ4v) is 2.17. The summed E-state index contributed by atoms with van der Waals surface area (Å²) in [5.41, 5.74) is 0.855. The van der Waals surface area contributed by atoms with Crippen molar-refractivity contribution < 1.29 is 14.6 Å². The van der Waals surface area contributed by atoms with Crippen molar-refractivity contribution in [3.63, 3.8) is 0 Å². The van der Waals surface area contributed by atoms with Gasteiger partial charge in [0.15, 0.2) is 5.82 Å². The second-order valence-corrected chi connectivity index (χ2v) is 4.58. The molecule has 1 saturated heterocycles. The molecule has 0 atom stereocenters. The van der Waals surface area contributed by atoms with Gasteiger partial charge in [-0.05, 0) is 12.1 Å². The van der Waals surface area contributed by atoms with Gasteiger partial charge in [0.2, 0.25) is 0 Å². The van der Waals surface area contributed by atoms with Crippen LogP contribution in [0.2, 0.25) is 0 Å². The van der Waals surface area contributed by atoms with Gasteiger partial charge < -0.3 is 14.7 Å². The molecule has 21 heavy (non-hydrogen) atoms. The van der Waals surface area contributed by atoms with Crippen molar-refractivity contribution in [2.24, 2.45) is 0 Å². The average molecular weight is 286 g/mol. The minimum Gasteiger partial charge on any atom is -0.477 e. The molecule has 0 aliphatic carbocycles. The van der Waals surface area contributed by atoms with Crippen molar-refractivity contribution in [1.82, 2.24) is 15.0 Å². The summed E-state index contributed by atoms with van der Waals surface area (Å²) in [5, 5.41) is 9.31. The van der Waals surface area contributed by atoms with Gasteiger partial charge in [0.1, 0.15) is 11.4 Å². The Labute approximate surface area is 121 Å². The van der Waals surface area contributed by atoms with E-state index in [0.29, 0.717) is 37.9 Å². The second-order valence-electron chi connectivity index (χ2n) is 4.58. The number of anilines is 1. The highest BCUT2D eigenvalue weighted by Crippen LogP contribution is 2.22. The van der Waals surface area contributed by atoms with E-state index in [1.807, 2.05) is 11.0 Å². The first-order chi connectivity index (χ1) is 10.3. The number of hydrogen-bond acceptors (Lipinski definition) is 6. The molecule has 3 rings (SSSR count). The number of carbonyl (C=O) groups is 1. The Morgan fingerprint density at radius 1 is 1.29 bits per heavy atom. The summed E-state index contributed by atoms with van der Waals surface area (Å²) in [4.78, 5) is 25.9. The van der Waals surface area contributed by atoms with Gasteiger partial charge in [0, 0.05) is 37.2 Å². The molecule has 0 radical (unpaired) electrons. The van der Waals surface area contributed by atoms with Gasteiger partial charge in [-0.25, -0.2) is 14.8 Å². The van der Waals surface area contributed by atoms with Gasteiger partial charge >= 0.3 is 5.97 Å². The summed E-state index contributed by atoms with van der Waals surface area (Å²) in [5.74, 6) is -0.136. The standard InChI is InChI=1S/C14H14N4O3/c19-14(20)11-9-16-12(10-2-1-3-15-8-10)17-13(11)18-4-6-21-7-5-18/h1-3,8-9H,4-7H2,(H,19,20). The van der Waals surface area contributed by atoms with Gasteiger partial charge in [-0.15, -0.1) is 0 Å². The Bertz CT molecular complexity index is 642. The zero-order valence-corrected chi connectivity index (χ0v) is 11.3. The van der Waals surface area contributed by atoms with E-state index in [1.54, 1.807) is 18.5 Å².